The lowest BCUT2D eigenvalue weighted by molar-refractivity contribution is -0.870. The van der Waals surface area contributed by atoms with Gasteiger partial charge in [0.05, 0.1) is 39.9 Å². The van der Waals surface area contributed by atoms with Crippen LogP contribution < -0.4 is 5.32 Å². The number of phosphoric ester groups is 1. The van der Waals surface area contributed by atoms with Gasteiger partial charge in [-0.2, -0.15) is 0 Å². The number of aliphatic hydroxyl groups is 1. The number of hydrogen-bond donors (Lipinski definition) is 3. The van der Waals surface area contributed by atoms with E-state index in [1.165, 1.54) is 231 Å². The van der Waals surface area contributed by atoms with Gasteiger partial charge in [0.25, 0.3) is 0 Å². The fourth-order valence-corrected chi connectivity index (χ4v) is 9.56. The molecule has 0 aromatic rings. The highest BCUT2D eigenvalue weighted by Gasteiger charge is 2.27. The summed E-state index contributed by atoms with van der Waals surface area (Å²) >= 11 is 0. The predicted molar refractivity (Wildman–Crippen MR) is 291 cm³/mol. The number of allylic oxidation sites excluding steroid dienone is 3. The quantitative estimate of drug-likeness (QED) is 0.0243. The first-order valence-corrected chi connectivity index (χ1v) is 30.7. The molecule has 3 unspecified atom stereocenters. The third-order valence-corrected chi connectivity index (χ3v) is 14.4. The third-order valence-electron chi connectivity index (χ3n) is 13.4. The minimum atomic E-state index is -4.35. The molecule has 0 saturated heterocycles. The van der Waals surface area contributed by atoms with Gasteiger partial charge in [-0.25, -0.2) is 4.57 Å². The molecule has 0 aliphatic heterocycles. The van der Waals surface area contributed by atoms with E-state index in [9.17, 15) is 19.4 Å². The standard InChI is InChI=1S/C58H115N2O6P/c1-6-8-10-12-14-16-18-20-22-24-26-28-29-30-31-32-34-36-38-40-42-44-46-48-50-52-58(62)59-56(55-66-67(63,64)65-54-53-60(3,4)5)57(61)51-49-47-45-43-41-39-37-35-33-27-25-23-21-19-17-15-13-11-9-7-2/h41,43,49,51,56-57,61H,6-40,42,44-48,50,52-55H2,1-5H3,(H-,59,62,63,64)/p+1/b43-41+,51-49+. The number of unbranched alkanes of at least 4 members (excludes halogenated alkanes) is 39. The number of carbonyl (C=O) groups is 1. The molecule has 0 aromatic carbocycles. The van der Waals surface area contributed by atoms with Crippen molar-refractivity contribution in [2.75, 3.05) is 40.9 Å². The van der Waals surface area contributed by atoms with Crippen LogP contribution in [0.3, 0.4) is 0 Å². The molecule has 398 valence electrons. The van der Waals surface area contributed by atoms with Gasteiger partial charge in [-0.05, 0) is 32.1 Å². The Morgan fingerprint density at radius 1 is 0.493 bits per heavy atom. The molecule has 0 saturated carbocycles. The Morgan fingerprint density at radius 3 is 1.19 bits per heavy atom. The van der Waals surface area contributed by atoms with Gasteiger partial charge in [-0.3, -0.25) is 13.8 Å². The van der Waals surface area contributed by atoms with E-state index in [1.807, 2.05) is 27.2 Å². The summed E-state index contributed by atoms with van der Waals surface area (Å²) in [6.07, 6.45) is 62.9. The molecule has 1 amide bonds. The zero-order valence-corrected chi connectivity index (χ0v) is 46.3. The number of rotatable bonds is 54. The number of hydrogen-bond acceptors (Lipinski definition) is 5. The zero-order chi connectivity index (χ0) is 49.2. The second-order valence-corrected chi connectivity index (χ2v) is 22.8. The second kappa shape index (κ2) is 49.9. The Kier molecular flexibility index (Phi) is 49.2. The van der Waals surface area contributed by atoms with Crippen molar-refractivity contribution in [3.63, 3.8) is 0 Å². The van der Waals surface area contributed by atoms with Crippen LogP contribution in [0.4, 0.5) is 0 Å². The van der Waals surface area contributed by atoms with Crippen molar-refractivity contribution in [2.24, 2.45) is 0 Å². The highest BCUT2D eigenvalue weighted by molar-refractivity contribution is 7.47. The van der Waals surface area contributed by atoms with Crippen LogP contribution in [0.15, 0.2) is 24.3 Å². The first-order valence-electron chi connectivity index (χ1n) is 29.2. The summed E-state index contributed by atoms with van der Waals surface area (Å²) in [7, 11) is 1.57. The van der Waals surface area contributed by atoms with Crippen molar-refractivity contribution >= 4 is 13.7 Å². The van der Waals surface area contributed by atoms with Gasteiger partial charge in [0.2, 0.25) is 5.91 Å². The average molecular weight is 969 g/mol. The molecule has 0 aromatic heterocycles. The normalized spacial score (nSPS) is 14.1. The molecule has 3 N–H and O–H groups in total. The van der Waals surface area contributed by atoms with Crippen LogP contribution in [-0.4, -0.2) is 73.4 Å². The molecule has 0 bridgehead atoms. The third kappa shape index (κ3) is 52.6. The number of nitrogens with zero attached hydrogens (tertiary/aromatic N) is 1. The first kappa shape index (κ1) is 66.0. The van der Waals surface area contributed by atoms with Crippen molar-refractivity contribution in [3.8, 4) is 0 Å². The summed E-state index contributed by atoms with van der Waals surface area (Å²) in [5, 5.41) is 13.9. The van der Waals surface area contributed by atoms with Gasteiger partial charge >= 0.3 is 7.82 Å². The number of quaternary nitrogens is 1. The largest absolute Gasteiger partial charge is 0.472 e. The van der Waals surface area contributed by atoms with Crippen LogP contribution in [0.5, 0.6) is 0 Å². The van der Waals surface area contributed by atoms with E-state index in [4.69, 9.17) is 9.05 Å². The van der Waals surface area contributed by atoms with E-state index in [-0.39, 0.29) is 19.1 Å². The van der Waals surface area contributed by atoms with Crippen LogP contribution >= 0.6 is 7.82 Å². The van der Waals surface area contributed by atoms with Crippen LogP contribution in [0.1, 0.15) is 290 Å². The Bertz CT molecular complexity index is 1140. The summed E-state index contributed by atoms with van der Waals surface area (Å²) in [4.78, 5) is 23.3. The summed E-state index contributed by atoms with van der Waals surface area (Å²) in [5.74, 6) is -0.180. The van der Waals surface area contributed by atoms with Gasteiger partial charge in [0.1, 0.15) is 13.2 Å². The maximum atomic E-state index is 13.0. The maximum absolute atomic E-state index is 13.0. The monoisotopic (exact) mass is 968 g/mol. The van der Waals surface area contributed by atoms with Gasteiger partial charge in [-0.15, -0.1) is 0 Å². The Balaban J connectivity index is 4.20. The molecule has 0 spiro atoms. The minimum absolute atomic E-state index is 0.0588. The molecule has 9 heteroatoms. The highest BCUT2D eigenvalue weighted by atomic mass is 31.2. The van der Waals surface area contributed by atoms with E-state index in [0.29, 0.717) is 17.4 Å². The summed E-state index contributed by atoms with van der Waals surface area (Å²) < 4.78 is 23.7. The molecule has 0 heterocycles. The average Bonchev–Trinajstić information content (AvgIpc) is 3.29. The Morgan fingerprint density at radius 2 is 0.821 bits per heavy atom. The maximum Gasteiger partial charge on any atom is 0.472 e. The number of phosphoric acid groups is 1. The van der Waals surface area contributed by atoms with Gasteiger partial charge < -0.3 is 19.8 Å². The smallest absolute Gasteiger partial charge is 0.387 e. The number of likely N-dealkylation sites (N-methyl/N-ethyl adjacent to an activating group) is 1. The Labute approximate surface area is 417 Å². The lowest BCUT2D eigenvalue weighted by atomic mass is 10.0. The van der Waals surface area contributed by atoms with Crippen LogP contribution in [0.25, 0.3) is 0 Å². The fourth-order valence-electron chi connectivity index (χ4n) is 8.83. The number of aliphatic hydroxyl groups excluding tert-OH is 1. The van der Waals surface area contributed by atoms with E-state index in [1.54, 1.807) is 6.08 Å². The van der Waals surface area contributed by atoms with Crippen LogP contribution in [0.2, 0.25) is 0 Å². The van der Waals surface area contributed by atoms with Crippen molar-refractivity contribution in [1.82, 2.24) is 5.32 Å². The van der Waals surface area contributed by atoms with Gasteiger partial charge in [-0.1, -0.05) is 276 Å². The highest BCUT2D eigenvalue weighted by Crippen LogP contribution is 2.43. The van der Waals surface area contributed by atoms with Crippen molar-refractivity contribution < 1.29 is 32.9 Å². The molecule has 0 fully saturated rings. The molecule has 67 heavy (non-hydrogen) atoms. The topological polar surface area (TPSA) is 105 Å². The van der Waals surface area contributed by atoms with Crippen molar-refractivity contribution in [3.05, 3.63) is 24.3 Å². The van der Waals surface area contributed by atoms with Crippen LogP contribution in [-0.2, 0) is 18.4 Å². The molecule has 0 radical (unpaired) electrons. The lowest BCUT2D eigenvalue weighted by Crippen LogP contribution is -2.45. The molecule has 8 nitrogen and oxygen atoms in total. The van der Waals surface area contributed by atoms with Crippen molar-refractivity contribution in [1.29, 1.82) is 0 Å². The summed E-state index contributed by atoms with van der Waals surface area (Å²) in [5.41, 5.74) is 0. The Hall–Kier alpha value is -1.02. The number of amides is 1. The molecule has 0 rings (SSSR count). The lowest BCUT2D eigenvalue weighted by Gasteiger charge is -2.25. The molecule has 3 atom stereocenters. The number of carbonyl (C=O) groups excluding carboxylic acids is 1. The van der Waals surface area contributed by atoms with E-state index < -0.39 is 20.0 Å². The van der Waals surface area contributed by atoms with E-state index in [0.717, 1.165) is 38.5 Å². The van der Waals surface area contributed by atoms with E-state index >= 15 is 0 Å². The zero-order valence-electron chi connectivity index (χ0n) is 45.4. The first-order chi connectivity index (χ1) is 32.5. The second-order valence-electron chi connectivity index (χ2n) is 21.4. The fraction of sp³-hybridized carbons (Fsp3) is 0.914. The summed E-state index contributed by atoms with van der Waals surface area (Å²) in [6, 6.07) is -0.860. The number of nitrogens with one attached hydrogen (secondary N) is 1. The minimum Gasteiger partial charge on any atom is -0.387 e. The van der Waals surface area contributed by atoms with Gasteiger partial charge in [0.15, 0.2) is 0 Å². The molecule has 0 aliphatic rings. The van der Waals surface area contributed by atoms with E-state index in [2.05, 4.69) is 31.3 Å². The molecule has 0 aliphatic carbocycles. The predicted octanol–water partition coefficient (Wildman–Crippen LogP) is 17.6. The molecular formula is C58H116N2O6P+. The summed E-state index contributed by atoms with van der Waals surface area (Å²) in [6.45, 7) is 4.84. The molecular weight excluding hydrogens is 852 g/mol. The SMILES string of the molecule is CCCCCCCCCCCCCCCC/C=C/CC/C=C/C(O)C(COP(=O)(O)OCC[N+](C)(C)C)NC(=O)CCCCCCCCCCCCCCCCCCCCCCCCCCC. The van der Waals surface area contributed by atoms with Gasteiger partial charge in [0, 0.05) is 6.42 Å². The van der Waals surface area contributed by atoms with Crippen LogP contribution in [0, 0.1) is 0 Å². The van der Waals surface area contributed by atoms with Crippen molar-refractivity contribution in [2.45, 2.75) is 302 Å².